The first-order valence-corrected chi connectivity index (χ1v) is 11.3. The van der Waals surface area contributed by atoms with E-state index in [1.165, 1.54) is 25.4 Å². The van der Waals surface area contributed by atoms with Crippen LogP contribution in [0.4, 0.5) is 16.2 Å². The van der Waals surface area contributed by atoms with Crippen LogP contribution in [0.1, 0.15) is 28.8 Å². The van der Waals surface area contributed by atoms with Gasteiger partial charge in [-0.2, -0.15) is 4.98 Å². The molecule has 0 spiro atoms. The zero-order chi connectivity index (χ0) is 24.1. The van der Waals surface area contributed by atoms with Crippen LogP contribution in [0.25, 0.3) is 0 Å². The second kappa shape index (κ2) is 10.7. The Morgan fingerprint density at radius 2 is 1.94 bits per heavy atom. The Hall–Kier alpha value is -3.31. The van der Waals surface area contributed by atoms with Crippen molar-refractivity contribution in [2.75, 3.05) is 64.1 Å². The number of benzene rings is 1. The summed E-state index contributed by atoms with van der Waals surface area (Å²) in [7, 11) is 1.40. The maximum absolute atomic E-state index is 13.7. The number of amides is 1. The molecule has 2 aliphatic heterocycles. The van der Waals surface area contributed by atoms with Crippen LogP contribution in [0.5, 0.6) is 5.75 Å². The topological polar surface area (TPSA) is 123 Å². The van der Waals surface area contributed by atoms with Crippen LogP contribution in [0.3, 0.4) is 0 Å². The summed E-state index contributed by atoms with van der Waals surface area (Å²) in [4.78, 5) is 37.9. The number of halogens is 1. The van der Waals surface area contributed by atoms with Crippen molar-refractivity contribution < 1.29 is 23.5 Å². The lowest BCUT2D eigenvalue weighted by molar-refractivity contribution is -0.134. The number of hydrogen-bond donors (Lipinski definition) is 2. The van der Waals surface area contributed by atoms with Crippen molar-refractivity contribution in [1.82, 2.24) is 19.8 Å². The van der Waals surface area contributed by atoms with E-state index in [2.05, 4.69) is 20.2 Å². The van der Waals surface area contributed by atoms with Crippen molar-refractivity contribution in [1.29, 1.82) is 0 Å². The minimum Gasteiger partial charge on any atom is -0.496 e. The molecule has 34 heavy (non-hydrogen) atoms. The SMILES string of the molecule is COc1ccc(F)cc1C(=O)c1cnc(NC2CCN(C(=O)CN3CCOCC3)CC2)nc1N. The van der Waals surface area contributed by atoms with Gasteiger partial charge >= 0.3 is 0 Å². The van der Waals surface area contributed by atoms with E-state index in [1.807, 2.05) is 4.90 Å². The third-order valence-electron chi connectivity index (χ3n) is 6.11. The number of likely N-dealkylation sites (tertiary alicyclic amines) is 1. The molecular weight excluding hydrogens is 443 g/mol. The van der Waals surface area contributed by atoms with Crippen molar-refractivity contribution in [3.8, 4) is 5.75 Å². The first kappa shape index (κ1) is 23.8. The van der Waals surface area contributed by atoms with Gasteiger partial charge in [0.05, 0.1) is 38.0 Å². The first-order chi connectivity index (χ1) is 16.4. The van der Waals surface area contributed by atoms with Crippen molar-refractivity contribution in [3.63, 3.8) is 0 Å². The minimum atomic E-state index is -0.559. The molecule has 1 aromatic heterocycles. The molecule has 182 valence electrons. The highest BCUT2D eigenvalue weighted by Gasteiger charge is 2.26. The van der Waals surface area contributed by atoms with Crippen LogP contribution in [-0.4, -0.2) is 90.5 Å². The van der Waals surface area contributed by atoms with Crippen molar-refractivity contribution in [2.45, 2.75) is 18.9 Å². The van der Waals surface area contributed by atoms with Gasteiger partial charge in [0.15, 0.2) is 0 Å². The quantitative estimate of drug-likeness (QED) is 0.572. The summed E-state index contributed by atoms with van der Waals surface area (Å²) in [5.74, 6) is -0.408. The first-order valence-electron chi connectivity index (χ1n) is 11.3. The van der Waals surface area contributed by atoms with E-state index < -0.39 is 11.6 Å². The summed E-state index contributed by atoms with van der Waals surface area (Å²) in [6.07, 6.45) is 2.83. The molecule has 11 heteroatoms. The molecule has 2 aliphatic rings. The molecule has 1 amide bonds. The second-order valence-corrected chi connectivity index (χ2v) is 8.35. The van der Waals surface area contributed by atoms with E-state index >= 15 is 0 Å². The van der Waals surface area contributed by atoms with Gasteiger partial charge in [-0.3, -0.25) is 14.5 Å². The molecule has 0 atom stereocenters. The van der Waals surface area contributed by atoms with Gasteiger partial charge in [0.25, 0.3) is 0 Å². The normalized spacial score (nSPS) is 17.4. The summed E-state index contributed by atoms with van der Waals surface area (Å²) in [5.41, 5.74) is 6.15. The van der Waals surface area contributed by atoms with Crippen molar-refractivity contribution >= 4 is 23.5 Å². The largest absolute Gasteiger partial charge is 0.496 e. The van der Waals surface area contributed by atoms with E-state index in [1.54, 1.807) is 0 Å². The van der Waals surface area contributed by atoms with Gasteiger partial charge in [0, 0.05) is 38.4 Å². The standard InChI is InChI=1S/C23H29FN6O4/c1-33-19-3-2-15(24)12-17(19)21(32)18-13-26-23(28-22(18)25)27-16-4-6-30(7-5-16)20(31)14-29-8-10-34-11-9-29/h2-3,12-13,16H,4-11,14H2,1H3,(H3,25,26,27,28). The number of anilines is 2. The summed E-state index contributed by atoms with van der Waals surface area (Å²) in [6, 6.07) is 3.77. The Kier molecular flexibility index (Phi) is 7.53. The van der Waals surface area contributed by atoms with Crippen LogP contribution in [-0.2, 0) is 9.53 Å². The van der Waals surface area contributed by atoms with Crippen molar-refractivity contribution in [3.05, 3.63) is 41.3 Å². The lowest BCUT2D eigenvalue weighted by atomic mass is 10.0. The average Bonchev–Trinajstić information content (AvgIpc) is 2.85. The Morgan fingerprint density at radius 3 is 2.62 bits per heavy atom. The second-order valence-electron chi connectivity index (χ2n) is 8.35. The van der Waals surface area contributed by atoms with Crippen LogP contribution < -0.4 is 15.8 Å². The fourth-order valence-corrected chi connectivity index (χ4v) is 4.15. The number of rotatable bonds is 7. The zero-order valence-electron chi connectivity index (χ0n) is 19.1. The van der Waals surface area contributed by atoms with Crippen molar-refractivity contribution in [2.24, 2.45) is 0 Å². The smallest absolute Gasteiger partial charge is 0.236 e. The maximum Gasteiger partial charge on any atom is 0.236 e. The Morgan fingerprint density at radius 1 is 1.21 bits per heavy atom. The number of nitrogen functional groups attached to an aromatic ring is 1. The van der Waals surface area contributed by atoms with Gasteiger partial charge in [0.2, 0.25) is 17.6 Å². The van der Waals surface area contributed by atoms with Crippen LogP contribution in [0.2, 0.25) is 0 Å². The fraction of sp³-hybridized carbons (Fsp3) is 0.478. The summed E-state index contributed by atoms with van der Waals surface area (Å²) in [5, 5.41) is 3.24. The molecule has 10 nitrogen and oxygen atoms in total. The molecule has 2 fully saturated rings. The Bertz CT molecular complexity index is 1040. The molecular formula is C23H29FN6O4. The molecule has 0 aliphatic carbocycles. The van der Waals surface area contributed by atoms with E-state index in [9.17, 15) is 14.0 Å². The van der Waals surface area contributed by atoms with E-state index in [0.29, 0.717) is 38.8 Å². The van der Waals surface area contributed by atoms with Crippen LogP contribution in [0.15, 0.2) is 24.4 Å². The minimum absolute atomic E-state index is 0.00746. The summed E-state index contributed by atoms with van der Waals surface area (Å²) >= 11 is 0. The molecule has 0 bridgehead atoms. The number of piperidine rings is 1. The predicted molar refractivity (Wildman–Crippen MR) is 123 cm³/mol. The summed E-state index contributed by atoms with van der Waals surface area (Å²) < 4.78 is 24.2. The molecule has 4 rings (SSSR count). The molecule has 0 unspecified atom stereocenters. The van der Waals surface area contributed by atoms with Crippen LogP contribution >= 0.6 is 0 Å². The molecule has 1 aromatic carbocycles. The molecule has 3 heterocycles. The predicted octanol–water partition coefficient (Wildman–Crippen LogP) is 1.17. The fourth-order valence-electron chi connectivity index (χ4n) is 4.15. The average molecular weight is 473 g/mol. The highest BCUT2D eigenvalue weighted by molar-refractivity contribution is 6.13. The number of aromatic nitrogens is 2. The number of carbonyl (C=O) groups excluding carboxylic acids is 2. The van der Waals surface area contributed by atoms with Gasteiger partial charge in [-0.15, -0.1) is 0 Å². The van der Waals surface area contributed by atoms with Gasteiger partial charge < -0.3 is 25.4 Å². The van der Waals surface area contributed by atoms with Crippen LogP contribution in [0, 0.1) is 5.82 Å². The summed E-state index contributed by atoms with van der Waals surface area (Å²) in [6.45, 7) is 4.62. The Balaban J connectivity index is 1.33. The van der Waals surface area contributed by atoms with Gasteiger partial charge in [0.1, 0.15) is 17.4 Å². The number of hydrogen-bond acceptors (Lipinski definition) is 9. The van der Waals surface area contributed by atoms with Gasteiger partial charge in [-0.1, -0.05) is 0 Å². The number of nitrogens with two attached hydrogens (primary N) is 1. The lowest BCUT2D eigenvalue weighted by Gasteiger charge is -2.34. The number of ketones is 1. The zero-order valence-corrected chi connectivity index (χ0v) is 19.1. The monoisotopic (exact) mass is 472 g/mol. The molecule has 0 radical (unpaired) electrons. The van der Waals surface area contributed by atoms with E-state index in [0.717, 1.165) is 32.0 Å². The highest BCUT2D eigenvalue weighted by atomic mass is 19.1. The number of morpholine rings is 1. The van der Waals surface area contributed by atoms with Gasteiger partial charge in [-0.05, 0) is 31.0 Å². The van der Waals surface area contributed by atoms with E-state index in [4.69, 9.17) is 15.2 Å². The Labute approximate surface area is 197 Å². The molecule has 3 N–H and O–H groups in total. The third kappa shape index (κ3) is 5.60. The molecule has 0 saturated carbocycles. The maximum atomic E-state index is 13.7. The number of carbonyl (C=O) groups is 2. The lowest BCUT2D eigenvalue weighted by Crippen LogP contribution is -2.48. The molecule has 2 aromatic rings. The number of methoxy groups -OCH3 is 1. The van der Waals surface area contributed by atoms with Gasteiger partial charge in [-0.25, -0.2) is 9.37 Å². The number of ether oxygens (including phenoxy) is 2. The highest BCUT2D eigenvalue weighted by Crippen LogP contribution is 2.25. The van der Waals surface area contributed by atoms with E-state index in [-0.39, 0.29) is 34.6 Å². The number of nitrogens with one attached hydrogen (secondary N) is 1. The number of nitrogens with zero attached hydrogens (tertiary/aromatic N) is 4. The molecule has 2 saturated heterocycles. The third-order valence-corrected chi connectivity index (χ3v) is 6.11.